The van der Waals surface area contributed by atoms with Crippen LogP contribution in [0.1, 0.15) is 40.0 Å². The lowest BCUT2D eigenvalue weighted by Crippen LogP contribution is -2.45. The molecule has 1 aromatic heterocycles. The van der Waals surface area contributed by atoms with E-state index in [1.807, 2.05) is 0 Å². The molecule has 10 nitrogen and oxygen atoms in total. The number of aliphatic hydroxyl groups is 1. The molecule has 1 aliphatic rings. The van der Waals surface area contributed by atoms with Gasteiger partial charge < -0.3 is 20.8 Å². The number of amides is 2. The van der Waals surface area contributed by atoms with Crippen LogP contribution in [0.3, 0.4) is 0 Å². The van der Waals surface area contributed by atoms with Gasteiger partial charge >= 0.3 is 12.0 Å². The lowest BCUT2D eigenvalue weighted by Gasteiger charge is -2.39. The van der Waals surface area contributed by atoms with Crippen molar-refractivity contribution in [3.05, 3.63) is 17.9 Å². The summed E-state index contributed by atoms with van der Waals surface area (Å²) in [7, 11) is 0. The van der Waals surface area contributed by atoms with Crippen LogP contribution in [-0.4, -0.2) is 63.4 Å². The number of H-pyrrole nitrogens is 1. The van der Waals surface area contributed by atoms with Gasteiger partial charge in [0.1, 0.15) is 11.6 Å². The highest BCUT2D eigenvalue weighted by Gasteiger charge is 2.34. The lowest BCUT2D eigenvalue weighted by atomic mass is 9.86. The van der Waals surface area contributed by atoms with Crippen LogP contribution in [0.4, 0.5) is 20.7 Å². The molecule has 0 aliphatic carbocycles. The standard InChI is InChI=1S/C19H24FN5O5.CH4/c1-11(26)10-19(30)3-6-24(7-4-19)15-9-14-12(8-13(15)20)17(23-22-14)25(18(21)29)5-2-16(27)28;/h8-9,30H,2-7,10H2,1H3,(H2,21,29)(H,22,23)(H,27,28);1H4. The molecule has 170 valence electrons. The van der Waals surface area contributed by atoms with Crippen LogP contribution in [0, 0.1) is 5.82 Å². The molecule has 0 atom stereocenters. The van der Waals surface area contributed by atoms with Gasteiger partial charge in [-0.3, -0.25) is 19.6 Å². The minimum atomic E-state index is -1.11. The number of fused-ring (bicyclic) bond motifs is 1. The Morgan fingerprint density at radius 1 is 1.32 bits per heavy atom. The zero-order valence-corrected chi connectivity index (χ0v) is 16.5. The molecule has 2 aromatic rings. The van der Waals surface area contributed by atoms with Crippen molar-refractivity contribution in [2.75, 3.05) is 29.4 Å². The Hall–Kier alpha value is -3.21. The topological polar surface area (TPSA) is 153 Å². The molecule has 1 aliphatic heterocycles. The number of ketones is 1. The maximum absolute atomic E-state index is 14.9. The lowest BCUT2D eigenvalue weighted by molar-refractivity contribution is -0.136. The zero-order valence-electron chi connectivity index (χ0n) is 16.5. The number of carboxylic acids is 1. The number of nitrogens with one attached hydrogen (secondary N) is 1. The Kier molecular flexibility index (Phi) is 7.21. The predicted molar refractivity (Wildman–Crippen MR) is 114 cm³/mol. The summed E-state index contributed by atoms with van der Waals surface area (Å²) >= 11 is 0. The molecule has 1 saturated heterocycles. The van der Waals surface area contributed by atoms with Gasteiger partial charge in [-0.15, -0.1) is 0 Å². The maximum atomic E-state index is 14.9. The minimum Gasteiger partial charge on any atom is -0.481 e. The molecule has 2 amide bonds. The van der Waals surface area contributed by atoms with Crippen LogP contribution in [-0.2, 0) is 9.59 Å². The van der Waals surface area contributed by atoms with Gasteiger partial charge in [0.15, 0.2) is 5.82 Å². The van der Waals surface area contributed by atoms with Crippen LogP contribution < -0.4 is 15.5 Å². The van der Waals surface area contributed by atoms with Crippen molar-refractivity contribution >= 4 is 40.2 Å². The van der Waals surface area contributed by atoms with Crippen LogP contribution in [0.25, 0.3) is 10.9 Å². The van der Waals surface area contributed by atoms with Gasteiger partial charge in [-0.25, -0.2) is 9.18 Å². The smallest absolute Gasteiger partial charge is 0.320 e. The molecular weight excluding hydrogens is 409 g/mol. The van der Waals surface area contributed by atoms with E-state index in [9.17, 15) is 23.9 Å². The molecule has 3 rings (SSSR count). The Bertz CT molecular complexity index is 984. The second-order valence-corrected chi connectivity index (χ2v) is 7.62. The van der Waals surface area contributed by atoms with E-state index in [-0.39, 0.29) is 38.4 Å². The molecule has 0 spiro atoms. The monoisotopic (exact) mass is 437 g/mol. The van der Waals surface area contributed by atoms with E-state index in [0.717, 1.165) is 4.90 Å². The fourth-order valence-corrected chi connectivity index (χ4v) is 3.79. The molecule has 0 saturated carbocycles. The van der Waals surface area contributed by atoms with Crippen molar-refractivity contribution in [3.63, 3.8) is 0 Å². The van der Waals surface area contributed by atoms with Gasteiger partial charge in [0.2, 0.25) is 0 Å². The van der Waals surface area contributed by atoms with Crippen molar-refractivity contribution in [2.45, 2.75) is 45.6 Å². The van der Waals surface area contributed by atoms with Crippen LogP contribution in [0.2, 0.25) is 0 Å². The SMILES string of the molecule is C.CC(=O)CC1(O)CCN(c2cc3[nH]nc(N(CCC(=O)O)C(N)=O)c3cc2F)CC1. The number of carbonyl (C=O) groups is 3. The number of carbonyl (C=O) groups excluding carboxylic acids is 2. The van der Waals surface area contributed by atoms with Crippen molar-refractivity contribution in [1.82, 2.24) is 10.2 Å². The summed E-state index contributed by atoms with van der Waals surface area (Å²) in [4.78, 5) is 36.7. The highest BCUT2D eigenvalue weighted by molar-refractivity contribution is 6.01. The molecule has 11 heteroatoms. The first kappa shape index (κ1) is 24.1. The number of aliphatic carboxylic acids is 1. The largest absolute Gasteiger partial charge is 0.481 e. The molecule has 31 heavy (non-hydrogen) atoms. The minimum absolute atomic E-state index is 0. The third-order valence-corrected chi connectivity index (χ3v) is 5.29. The molecular formula is C20H28FN5O5. The number of urea groups is 1. The Balaban J connectivity index is 0.00000341. The van der Waals surface area contributed by atoms with E-state index < -0.39 is 23.4 Å². The Morgan fingerprint density at radius 3 is 2.52 bits per heavy atom. The molecule has 2 heterocycles. The molecule has 0 unspecified atom stereocenters. The van der Waals surface area contributed by atoms with Crippen molar-refractivity contribution in [3.8, 4) is 0 Å². The second-order valence-electron chi connectivity index (χ2n) is 7.62. The number of hydrogen-bond donors (Lipinski definition) is 4. The third-order valence-electron chi connectivity index (χ3n) is 5.29. The quantitative estimate of drug-likeness (QED) is 0.517. The van der Waals surface area contributed by atoms with Crippen LogP contribution in [0.15, 0.2) is 12.1 Å². The second kappa shape index (κ2) is 9.29. The van der Waals surface area contributed by atoms with Gasteiger partial charge in [0.05, 0.1) is 23.2 Å². The van der Waals surface area contributed by atoms with Crippen molar-refractivity contribution < 1.29 is 29.0 Å². The summed E-state index contributed by atoms with van der Waals surface area (Å²) in [5.74, 6) is -1.70. The third kappa shape index (κ3) is 5.29. The number of carboxylic acid groups (broad SMARTS) is 1. The number of hydrogen-bond acceptors (Lipinski definition) is 6. The number of nitrogens with two attached hydrogens (primary N) is 1. The summed E-state index contributed by atoms with van der Waals surface area (Å²) in [6.45, 7) is 1.98. The normalized spacial score (nSPS) is 15.4. The summed E-state index contributed by atoms with van der Waals surface area (Å²) in [5.41, 5.74) is 5.02. The first-order valence-corrected chi connectivity index (χ1v) is 9.53. The van der Waals surface area contributed by atoms with Gasteiger partial charge in [-0.2, -0.15) is 5.10 Å². The Labute approximate surface area is 178 Å². The van der Waals surface area contributed by atoms with Crippen molar-refractivity contribution in [1.29, 1.82) is 0 Å². The summed E-state index contributed by atoms with van der Waals surface area (Å²) < 4.78 is 14.9. The Morgan fingerprint density at radius 2 is 1.97 bits per heavy atom. The number of anilines is 2. The van der Waals surface area contributed by atoms with E-state index in [2.05, 4.69) is 10.2 Å². The average molecular weight is 437 g/mol. The number of aromatic nitrogens is 2. The van der Waals surface area contributed by atoms with Crippen molar-refractivity contribution in [2.24, 2.45) is 5.73 Å². The fourth-order valence-electron chi connectivity index (χ4n) is 3.79. The van der Waals surface area contributed by atoms with Gasteiger partial charge in [0.25, 0.3) is 0 Å². The number of piperidine rings is 1. The highest BCUT2D eigenvalue weighted by Crippen LogP contribution is 2.34. The van der Waals surface area contributed by atoms with Gasteiger partial charge in [0, 0.05) is 31.4 Å². The highest BCUT2D eigenvalue weighted by atomic mass is 19.1. The summed E-state index contributed by atoms with van der Waals surface area (Å²) in [5, 5.41) is 26.4. The first-order chi connectivity index (χ1) is 14.1. The number of nitrogens with zero attached hydrogens (tertiary/aromatic N) is 3. The zero-order chi connectivity index (χ0) is 22.1. The van der Waals surface area contributed by atoms with E-state index in [1.165, 1.54) is 13.0 Å². The molecule has 1 fully saturated rings. The first-order valence-electron chi connectivity index (χ1n) is 9.53. The molecule has 0 bridgehead atoms. The van der Waals surface area contributed by atoms with E-state index >= 15 is 0 Å². The summed E-state index contributed by atoms with van der Waals surface area (Å²) in [6.07, 6.45) is 0.409. The number of primary amides is 1. The fraction of sp³-hybridized carbons (Fsp3) is 0.500. The van der Waals surface area contributed by atoms with E-state index in [0.29, 0.717) is 42.5 Å². The summed E-state index contributed by atoms with van der Waals surface area (Å²) in [6, 6.07) is 1.87. The van der Waals surface area contributed by atoms with Gasteiger partial charge in [-0.1, -0.05) is 7.43 Å². The molecule has 1 aromatic carbocycles. The number of Topliss-reactive ketones (excluding diaryl/α,β-unsaturated/α-hetero) is 1. The van der Waals surface area contributed by atoms with E-state index in [4.69, 9.17) is 10.8 Å². The maximum Gasteiger partial charge on any atom is 0.320 e. The molecule has 0 radical (unpaired) electrons. The van der Waals surface area contributed by atoms with Crippen LogP contribution >= 0.6 is 0 Å². The van der Waals surface area contributed by atoms with Gasteiger partial charge in [-0.05, 0) is 31.9 Å². The number of aromatic amines is 1. The number of halogens is 1. The average Bonchev–Trinajstić information content (AvgIpc) is 3.03. The van der Waals surface area contributed by atoms with E-state index in [1.54, 1.807) is 11.0 Å². The van der Waals surface area contributed by atoms with Crippen LogP contribution in [0.5, 0.6) is 0 Å². The number of rotatable bonds is 7. The molecule has 5 N–H and O–H groups in total. The number of benzene rings is 1. The predicted octanol–water partition coefficient (Wildman–Crippen LogP) is 2.01.